The number of hydrogen-bond acceptors (Lipinski definition) is 6. The van der Waals surface area contributed by atoms with Gasteiger partial charge in [-0.05, 0) is 138 Å². The van der Waals surface area contributed by atoms with Crippen molar-refractivity contribution in [2.24, 2.45) is 0 Å². The molecule has 0 atom stereocenters. The Hall–Kier alpha value is -15.3. The van der Waals surface area contributed by atoms with Crippen molar-refractivity contribution in [3.63, 3.8) is 0 Å². The lowest BCUT2D eigenvalue weighted by Crippen LogP contribution is -2.40. The Balaban J connectivity index is 0.000000101. The lowest BCUT2D eigenvalue weighted by molar-refractivity contribution is 0.306. The maximum Gasteiger partial charge on any atom is 0.304 e. The molecular weight excluding hydrogens is 1420 g/mol. The first kappa shape index (κ1) is 65.4. The average molecular weight is 1490 g/mol. The fourth-order valence-corrected chi connectivity index (χ4v) is 19.8. The van der Waals surface area contributed by atoms with Crippen LogP contribution in [0.15, 0.2) is 382 Å². The molecule has 0 radical (unpaired) electrons. The molecule has 1 spiro atoms. The molecule has 0 amide bonds. The average Bonchev–Trinajstić information content (AvgIpc) is 1.56. The first-order valence-corrected chi connectivity index (χ1v) is 39.5. The minimum atomic E-state index is -0.694. The second-order valence-electron chi connectivity index (χ2n) is 30.9. The lowest BCUT2D eigenvalue weighted by atomic mass is 9.75. The van der Waals surface area contributed by atoms with Crippen LogP contribution in [0.5, 0.6) is 35.3 Å². The summed E-state index contributed by atoms with van der Waals surface area (Å²) in [5, 5.41) is 7.45. The summed E-state index contributed by atoms with van der Waals surface area (Å²) in [7, 11) is 0. The highest BCUT2D eigenvalue weighted by Gasteiger charge is 2.53. The van der Waals surface area contributed by atoms with Crippen molar-refractivity contribution in [3.05, 3.63) is 421 Å². The van der Waals surface area contributed by atoms with Gasteiger partial charge in [0.2, 0.25) is 0 Å². The summed E-state index contributed by atoms with van der Waals surface area (Å²) in [4.78, 5) is 14.8. The van der Waals surface area contributed by atoms with Crippen LogP contribution in [0.3, 0.4) is 0 Å². The van der Waals surface area contributed by atoms with E-state index < -0.39 is 11.1 Å². The van der Waals surface area contributed by atoms with Gasteiger partial charge in [-0.15, -0.1) is 0 Å². The molecule has 0 bridgehead atoms. The summed E-state index contributed by atoms with van der Waals surface area (Å²) in [5.74, 6) is 2.48. The van der Waals surface area contributed by atoms with E-state index in [9.17, 15) is 0 Å². The normalized spacial score (nSPS) is 14.0. The molecule has 12 heteroatoms. The zero-order valence-corrected chi connectivity index (χ0v) is 63.1. The van der Waals surface area contributed by atoms with Crippen LogP contribution in [0.25, 0.3) is 127 Å². The fraction of sp³-hybridized carbons (Fsp3) is 0.0481. The van der Waals surface area contributed by atoms with Crippen LogP contribution in [0.1, 0.15) is 52.8 Å². The molecular formula is C104H69N9O3. The van der Waals surface area contributed by atoms with Crippen LogP contribution >= 0.6 is 0 Å². The molecule has 9 heterocycles. The Morgan fingerprint density at radius 1 is 0.224 bits per heavy atom. The predicted octanol–water partition coefficient (Wildman–Crippen LogP) is 25.2. The highest BCUT2D eigenvalue weighted by atomic mass is 16.5. The predicted molar refractivity (Wildman–Crippen MR) is 466 cm³/mol. The van der Waals surface area contributed by atoms with Crippen LogP contribution in [-0.2, 0) is 16.6 Å². The van der Waals surface area contributed by atoms with Gasteiger partial charge in [-0.1, -0.05) is 273 Å². The van der Waals surface area contributed by atoms with Crippen molar-refractivity contribution in [1.82, 2.24) is 42.4 Å². The van der Waals surface area contributed by atoms with E-state index >= 15 is 0 Å². The molecule has 16 aromatic carbocycles. The van der Waals surface area contributed by atoms with Crippen molar-refractivity contribution in [1.29, 1.82) is 0 Å². The van der Waals surface area contributed by atoms with Gasteiger partial charge in [-0.2, -0.15) is 15.0 Å². The molecule has 26 rings (SSSR count). The lowest BCUT2D eigenvalue weighted by Gasteiger charge is -2.42. The molecule has 22 aromatic rings. The molecule has 12 nitrogen and oxygen atoms in total. The summed E-state index contributed by atoms with van der Waals surface area (Å²) in [5.41, 5.74) is 25.2. The number of para-hydroxylation sites is 12. The highest BCUT2D eigenvalue weighted by molar-refractivity contribution is 6.11. The largest absolute Gasteiger partial charge is 0.425 e. The maximum absolute atomic E-state index is 6.78. The number of fused-ring (bicyclic) bond motifs is 28. The van der Waals surface area contributed by atoms with Gasteiger partial charge in [0.1, 0.15) is 28.3 Å². The third kappa shape index (κ3) is 9.17. The number of aromatic nitrogens is 9. The number of imidazole rings is 3. The van der Waals surface area contributed by atoms with Crippen molar-refractivity contribution >= 4 is 98.5 Å². The van der Waals surface area contributed by atoms with Crippen LogP contribution in [-0.4, -0.2) is 42.4 Å². The maximum atomic E-state index is 6.78. The van der Waals surface area contributed by atoms with E-state index in [4.69, 9.17) is 29.2 Å². The molecule has 3 aliphatic heterocycles. The third-order valence-corrected chi connectivity index (χ3v) is 24.6. The zero-order chi connectivity index (χ0) is 76.5. The smallest absolute Gasteiger partial charge is 0.304 e. The molecule has 116 heavy (non-hydrogen) atoms. The van der Waals surface area contributed by atoms with Crippen LogP contribution in [0.4, 0.5) is 0 Å². The van der Waals surface area contributed by atoms with E-state index in [1.54, 1.807) is 0 Å². The van der Waals surface area contributed by atoms with Gasteiger partial charge in [0.25, 0.3) is 0 Å². The minimum absolute atomic E-state index is 0.279. The van der Waals surface area contributed by atoms with Gasteiger partial charge in [0.15, 0.2) is 0 Å². The topological polar surface area (TPSA) is 95.9 Å². The number of hydrogen-bond donors (Lipinski definition) is 0. The summed E-state index contributed by atoms with van der Waals surface area (Å²) in [6.07, 6.45) is 0. The minimum Gasteiger partial charge on any atom is -0.425 e. The van der Waals surface area contributed by atoms with E-state index in [2.05, 4.69) is 393 Å². The zero-order valence-electron chi connectivity index (χ0n) is 63.1. The molecule has 0 saturated heterocycles. The number of ether oxygens (including phenoxy) is 3. The van der Waals surface area contributed by atoms with Crippen molar-refractivity contribution in [3.8, 4) is 63.5 Å². The Bertz CT molecular complexity index is 7340. The molecule has 6 aromatic heterocycles. The first-order chi connectivity index (χ1) is 57.3. The standard InChI is InChI=1S/C38H23N3O.C38H25N3O.C28H21N3O/c1-5-15-29-25(11-1)26-12-2-6-16-30(26)38(29)31-22-21-24(23-36(31)42-37-39-32-17-7-10-20-35(32)41(37)38)40-33-18-8-3-13-27(33)28-14-4-9-19-34(28)40;1-3-13-26(14-4-1)38(27-15-5-2-6-16-27)31-24-23-28(25-36(31)42-37-39-32-19-9-12-22-35(32)41(37)38)40-33-20-10-7-17-29(33)30-18-8-11-21-34(30)40;1-28(2)21-16-15-18(17-26(21)32-27-29-22-11-5-8-14-25(22)31(27)28)30-23-12-6-3-9-19(23)20-10-4-7-13-24(20)30/h1-23H;1-25H;3-17H,1-2H3. The van der Waals surface area contributed by atoms with Gasteiger partial charge in [0.05, 0.1) is 71.7 Å². The number of benzene rings is 16. The Morgan fingerprint density at radius 2 is 0.491 bits per heavy atom. The third-order valence-electron chi connectivity index (χ3n) is 24.6. The van der Waals surface area contributed by atoms with Gasteiger partial charge >= 0.3 is 18.0 Å². The molecule has 0 unspecified atom stereocenters. The van der Waals surface area contributed by atoms with Gasteiger partial charge in [-0.25, -0.2) is 0 Å². The van der Waals surface area contributed by atoms with Crippen LogP contribution in [0.2, 0.25) is 0 Å². The van der Waals surface area contributed by atoms with E-state index in [1.165, 1.54) is 87.7 Å². The summed E-state index contributed by atoms with van der Waals surface area (Å²) >= 11 is 0. The SMILES string of the molecule is CC1(C)c2ccc(-n3c4ccccc4c4ccccc43)cc2Oc2nc3ccccc3n21.c1ccc(C2(c3ccccc3)c3ccc(-n4c5ccccc5c5ccccc54)cc3Oc3nc4ccccc4n32)cc1.c1ccc2c(c1)-c1ccccc1C21c2ccc(-n3c4ccccc4c4ccccc43)cc2Oc2nc3ccccc3n21. The molecule has 0 fully saturated rings. The molecule has 548 valence electrons. The van der Waals surface area contributed by atoms with Crippen LogP contribution in [0, 0.1) is 0 Å². The van der Waals surface area contributed by atoms with Gasteiger partial charge in [0, 0.05) is 84.3 Å². The first-order valence-electron chi connectivity index (χ1n) is 39.5. The van der Waals surface area contributed by atoms with E-state index in [-0.39, 0.29) is 5.54 Å². The van der Waals surface area contributed by atoms with Crippen molar-refractivity contribution < 1.29 is 14.2 Å². The second-order valence-corrected chi connectivity index (χ2v) is 30.9. The van der Waals surface area contributed by atoms with Crippen molar-refractivity contribution in [2.75, 3.05) is 0 Å². The highest BCUT2D eigenvalue weighted by Crippen LogP contribution is 2.61. The Labute approximate surface area is 666 Å². The van der Waals surface area contributed by atoms with Gasteiger partial charge in [-0.3, -0.25) is 13.7 Å². The molecule has 1 aliphatic carbocycles. The molecule has 4 aliphatic rings. The van der Waals surface area contributed by atoms with Crippen molar-refractivity contribution in [2.45, 2.75) is 30.5 Å². The van der Waals surface area contributed by atoms with E-state index in [1.807, 2.05) is 30.3 Å². The number of rotatable bonds is 5. The van der Waals surface area contributed by atoms with Crippen LogP contribution < -0.4 is 14.2 Å². The summed E-state index contributed by atoms with van der Waals surface area (Å²) in [6.45, 7) is 4.46. The summed E-state index contributed by atoms with van der Waals surface area (Å²) < 4.78 is 33.7. The molecule has 0 N–H and O–H groups in total. The van der Waals surface area contributed by atoms with E-state index in [0.717, 1.165) is 95.2 Å². The number of nitrogens with zero attached hydrogens (tertiary/aromatic N) is 9. The fourth-order valence-electron chi connectivity index (χ4n) is 19.8. The second kappa shape index (κ2) is 24.9. The quantitative estimate of drug-likeness (QED) is 0.170. The van der Waals surface area contributed by atoms with Gasteiger partial charge < -0.3 is 27.9 Å². The summed E-state index contributed by atoms with van der Waals surface area (Å²) in [6, 6.07) is 137. The molecule has 0 saturated carbocycles. The Kier molecular flexibility index (Phi) is 14.0. The Morgan fingerprint density at radius 3 is 0.862 bits per heavy atom. The van der Waals surface area contributed by atoms with E-state index in [0.29, 0.717) is 18.0 Å². The monoisotopic (exact) mass is 1490 g/mol.